The van der Waals surface area contributed by atoms with E-state index in [9.17, 15) is 24.0 Å². The van der Waals surface area contributed by atoms with Crippen LogP contribution in [-0.2, 0) is 41.4 Å². The van der Waals surface area contributed by atoms with Gasteiger partial charge in [0.05, 0.1) is 19.8 Å². The largest absolute Gasteiger partial charge is 0.460 e. The SMILES string of the molecule is CCCCCC(=O)NC(Cc1ccccc1-c1ccccc1)(C(=O)NC(Cc1ccccc1)C(=O)NC(=O)N1CCOCC1)C(CNC(=O)OC(C)(C)C)COC(=O)c1cc2ccccc2cn1. The molecule has 1 aromatic heterocycles. The number of carbonyl (C=O) groups excluding carboxylic acids is 6. The first kappa shape index (κ1) is 50.3. The molecule has 0 spiro atoms. The highest BCUT2D eigenvalue weighted by Crippen LogP contribution is 2.32. The molecular weight excluding hydrogens is 865 g/mol. The average molecular weight is 927 g/mol. The molecule has 4 N–H and O–H groups in total. The second-order valence-electron chi connectivity index (χ2n) is 17.9. The third-order valence-electron chi connectivity index (χ3n) is 11.6. The van der Waals surface area contributed by atoms with Gasteiger partial charge in [0.2, 0.25) is 11.8 Å². The Morgan fingerprint density at radius 2 is 1.47 bits per heavy atom. The number of nitrogens with one attached hydrogen (secondary N) is 4. The van der Waals surface area contributed by atoms with Crippen molar-refractivity contribution in [1.29, 1.82) is 0 Å². The Kier molecular flexibility index (Phi) is 17.8. The number of pyridine rings is 1. The maximum absolute atomic E-state index is 15.9. The lowest BCUT2D eigenvalue weighted by molar-refractivity contribution is -0.139. The molecule has 3 atom stereocenters. The molecule has 2 heterocycles. The highest BCUT2D eigenvalue weighted by molar-refractivity contribution is 6.01. The summed E-state index contributed by atoms with van der Waals surface area (Å²) in [4.78, 5) is 91.6. The van der Waals surface area contributed by atoms with Crippen molar-refractivity contribution in [3.05, 3.63) is 138 Å². The summed E-state index contributed by atoms with van der Waals surface area (Å²) in [6.45, 7) is 7.39. The van der Waals surface area contributed by atoms with E-state index < -0.39 is 65.5 Å². The molecule has 0 bridgehead atoms. The number of hydrogen-bond donors (Lipinski definition) is 4. The number of alkyl carbamates (subject to hydrolysis) is 1. The Labute approximate surface area is 397 Å². The first-order chi connectivity index (χ1) is 32.7. The van der Waals surface area contributed by atoms with Crippen LogP contribution < -0.4 is 21.3 Å². The zero-order chi connectivity index (χ0) is 48.5. The molecule has 15 heteroatoms. The van der Waals surface area contributed by atoms with E-state index in [1.165, 1.54) is 4.90 Å². The summed E-state index contributed by atoms with van der Waals surface area (Å²) in [5, 5.41) is 12.9. The van der Waals surface area contributed by atoms with Crippen molar-refractivity contribution in [3.63, 3.8) is 0 Å². The van der Waals surface area contributed by atoms with Gasteiger partial charge in [-0.25, -0.2) is 19.4 Å². The summed E-state index contributed by atoms with van der Waals surface area (Å²) in [5.74, 6) is -4.14. The zero-order valence-corrected chi connectivity index (χ0v) is 39.3. The number of aromatic nitrogens is 1. The van der Waals surface area contributed by atoms with Gasteiger partial charge in [0.1, 0.15) is 22.9 Å². The average Bonchev–Trinajstić information content (AvgIpc) is 3.33. The first-order valence-electron chi connectivity index (χ1n) is 23.2. The Balaban J connectivity index is 1.49. The second kappa shape index (κ2) is 24.1. The lowest BCUT2D eigenvalue weighted by atomic mass is 9.76. The van der Waals surface area contributed by atoms with Crippen molar-refractivity contribution in [2.24, 2.45) is 5.92 Å². The summed E-state index contributed by atoms with van der Waals surface area (Å²) < 4.78 is 17.1. The highest BCUT2D eigenvalue weighted by Gasteiger charge is 2.49. The van der Waals surface area contributed by atoms with Gasteiger partial charge in [-0.1, -0.05) is 129 Å². The van der Waals surface area contributed by atoms with Gasteiger partial charge < -0.3 is 35.1 Å². The Morgan fingerprint density at radius 1 is 0.809 bits per heavy atom. The zero-order valence-electron chi connectivity index (χ0n) is 39.3. The van der Waals surface area contributed by atoms with Crippen molar-refractivity contribution < 1.29 is 43.0 Å². The van der Waals surface area contributed by atoms with Gasteiger partial charge in [-0.2, -0.15) is 0 Å². The van der Waals surface area contributed by atoms with Gasteiger partial charge >= 0.3 is 18.1 Å². The molecule has 358 valence electrons. The van der Waals surface area contributed by atoms with E-state index in [2.05, 4.69) is 26.3 Å². The van der Waals surface area contributed by atoms with Crippen molar-refractivity contribution in [3.8, 4) is 11.1 Å². The molecule has 1 aliphatic rings. The van der Waals surface area contributed by atoms with Gasteiger partial charge in [-0.3, -0.25) is 19.7 Å². The van der Waals surface area contributed by atoms with Crippen molar-refractivity contribution in [2.75, 3.05) is 39.5 Å². The monoisotopic (exact) mass is 926 g/mol. The molecule has 5 aromatic rings. The molecule has 1 aliphatic heterocycles. The van der Waals surface area contributed by atoms with Crippen molar-refractivity contribution >= 4 is 46.6 Å². The van der Waals surface area contributed by atoms with Crippen molar-refractivity contribution in [2.45, 2.75) is 83.4 Å². The molecule has 1 fully saturated rings. The molecule has 0 aliphatic carbocycles. The van der Waals surface area contributed by atoms with E-state index in [0.29, 0.717) is 30.8 Å². The van der Waals surface area contributed by atoms with Crippen LogP contribution in [0.2, 0.25) is 0 Å². The first-order valence-corrected chi connectivity index (χ1v) is 23.2. The van der Waals surface area contributed by atoms with Gasteiger partial charge in [0.15, 0.2) is 0 Å². The van der Waals surface area contributed by atoms with Gasteiger partial charge in [0, 0.05) is 56.4 Å². The number of benzene rings is 4. The van der Waals surface area contributed by atoms with Gasteiger partial charge in [-0.15, -0.1) is 0 Å². The number of esters is 1. The number of morpholine rings is 1. The van der Waals surface area contributed by atoms with E-state index in [1.54, 1.807) is 57.3 Å². The minimum Gasteiger partial charge on any atom is -0.460 e. The maximum Gasteiger partial charge on any atom is 0.407 e. The Morgan fingerprint density at radius 3 is 2.18 bits per heavy atom. The van der Waals surface area contributed by atoms with Gasteiger partial charge in [0.25, 0.3) is 5.91 Å². The fourth-order valence-electron chi connectivity index (χ4n) is 8.06. The number of nitrogens with zero attached hydrogens (tertiary/aromatic N) is 2. The minimum atomic E-state index is -2.07. The smallest absolute Gasteiger partial charge is 0.407 e. The van der Waals surface area contributed by atoms with E-state index in [4.69, 9.17) is 14.2 Å². The van der Waals surface area contributed by atoms with Crippen LogP contribution in [0.15, 0.2) is 121 Å². The molecule has 0 radical (unpaired) electrons. The molecule has 3 unspecified atom stereocenters. The van der Waals surface area contributed by atoms with Crippen molar-refractivity contribution in [1.82, 2.24) is 31.2 Å². The minimum absolute atomic E-state index is 0.000147. The topological polar surface area (TPSA) is 194 Å². The predicted octanol–water partition coefficient (Wildman–Crippen LogP) is 7.17. The molecule has 1 saturated heterocycles. The maximum atomic E-state index is 15.9. The molecule has 4 aromatic carbocycles. The van der Waals surface area contributed by atoms with Crippen LogP contribution in [0.4, 0.5) is 9.59 Å². The second-order valence-corrected chi connectivity index (χ2v) is 17.9. The molecule has 6 rings (SSSR count). The summed E-state index contributed by atoms with van der Waals surface area (Å²) >= 11 is 0. The number of imide groups is 1. The number of carbonyl (C=O) groups is 6. The quantitative estimate of drug-likeness (QED) is 0.0487. The number of unbranched alkanes of at least 4 members (excludes halogenated alkanes) is 2. The Hall–Kier alpha value is -7.13. The van der Waals surface area contributed by atoms with E-state index in [1.807, 2.05) is 91.9 Å². The van der Waals surface area contributed by atoms with Crippen LogP contribution in [0.3, 0.4) is 0 Å². The third-order valence-corrected chi connectivity index (χ3v) is 11.6. The van der Waals surface area contributed by atoms with E-state index in [-0.39, 0.29) is 44.6 Å². The molecule has 15 nitrogen and oxygen atoms in total. The van der Waals surface area contributed by atoms with Gasteiger partial charge in [-0.05, 0) is 60.9 Å². The van der Waals surface area contributed by atoms with Crippen LogP contribution in [0, 0.1) is 5.92 Å². The third kappa shape index (κ3) is 14.2. The molecule has 6 amide bonds. The standard InChI is InChI=1S/C53H62N6O9/c1-5-6-9-26-46(60)58-53(33-40-23-16-17-25-43(40)38-20-12-8-13-21-38,49(63)56-44(31-37-18-10-7-11-19-37)47(61)57-50(64)59-27-29-66-30-28-59)42(35-55-51(65)68-52(2,3)4)36-67-48(62)45-32-39-22-14-15-24-41(39)34-54-45/h7-8,10-25,32,34,42,44H,5-6,9,26-31,33,35-36H2,1-4H3,(H,55,65)(H,56,63)(H,58,60)(H,57,61,64). The lowest BCUT2D eigenvalue weighted by Crippen LogP contribution is -2.69. The molecule has 0 saturated carbocycles. The number of fused-ring (bicyclic) bond motifs is 1. The fourth-order valence-corrected chi connectivity index (χ4v) is 8.06. The number of urea groups is 1. The predicted molar refractivity (Wildman–Crippen MR) is 258 cm³/mol. The number of ether oxygens (including phenoxy) is 3. The Bertz CT molecular complexity index is 2510. The summed E-state index contributed by atoms with van der Waals surface area (Å²) in [6, 6.07) is 32.9. The van der Waals surface area contributed by atoms with Crippen LogP contribution in [0.1, 0.15) is 75.0 Å². The number of amides is 6. The van der Waals surface area contributed by atoms with Crippen LogP contribution in [-0.4, -0.2) is 102 Å². The summed E-state index contributed by atoms with van der Waals surface area (Å²) in [6.07, 6.45) is 2.60. The van der Waals surface area contributed by atoms with E-state index in [0.717, 1.165) is 34.7 Å². The molecule has 68 heavy (non-hydrogen) atoms. The van der Waals surface area contributed by atoms with Crippen LogP contribution >= 0.6 is 0 Å². The summed E-state index contributed by atoms with van der Waals surface area (Å²) in [5.41, 5.74) is -0.0945. The number of hydrogen-bond acceptors (Lipinski definition) is 10. The van der Waals surface area contributed by atoms with E-state index >= 15 is 4.79 Å². The molecular formula is C53H62N6O9. The lowest BCUT2D eigenvalue weighted by Gasteiger charge is -2.41. The normalized spacial score (nSPS) is 14.4. The van der Waals surface area contributed by atoms with Crippen LogP contribution in [0.25, 0.3) is 21.9 Å². The van der Waals surface area contributed by atoms with Crippen LogP contribution in [0.5, 0.6) is 0 Å². The number of rotatable bonds is 19. The fraction of sp³-hybridized carbons (Fsp3) is 0.377. The highest BCUT2D eigenvalue weighted by atomic mass is 16.6. The summed E-state index contributed by atoms with van der Waals surface area (Å²) in [7, 11) is 0.